The molecule has 0 spiro atoms. The SMILES string of the molecule is CCOC(=O)CN1Cc2cccc(N(C)c3ccc(NC4CCCCO4)c(C(=N)C#N)c3)c2C1=O. The number of ether oxygens (including phenoxy) is 2. The molecule has 4 rings (SSSR count). The van der Waals surface area contributed by atoms with Crippen LogP contribution in [-0.2, 0) is 20.8 Å². The second-order valence-corrected chi connectivity index (χ2v) is 8.55. The second-order valence-electron chi connectivity index (χ2n) is 8.55. The van der Waals surface area contributed by atoms with Gasteiger partial charge in [0.25, 0.3) is 5.91 Å². The number of nitriles is 1. The maximum absolute atomic E-state index is 13.2. The number of carbonyl (C=O) groups excluding carboxylic acids is 2. The molecule has 0 radical (unpaired) electrons. The zero-order valence-electron chi connectivity index (χ0n) is 20.0. The van der Waals surface area contributed by atoms with Gasteiger partial charge < -0.3 is 24.6 Å². The number of hydrogen-bond acceptors (Lipinski definition) is 8. The van der Waals surface area contributed by atoms with E-state index in [4.69, 9.17) is 14.9 Å². The highest BCUT2D eigenvalue weighted by Gasteiger charge is 2.32. The number of hydrogen-bond donors (Lipinski definition) is 2. The van der Waals surface area contributed by atoms with Gasteiger partial charge in [-0.15, -0.1) is 0 Å². The summed E-state index contributed by atoms with van der Waals surface area (Å²) in [4.78, 5) is 28.5. The van der Waals surface area contributed by atoms with Gasteiger partial charge in [0.1, 0.15) is 24.6 Å². The van der Waals surface area contributed by atoms with E-state index in [2.05, 4.69) is 5.32 Å². The first-order chi connectivity index (χ1) is 16.9. The van der Waals surface area contributed by atoms with Crippen molar-refractivity contribution in [3.05, 3.63) is 53.1 Å². The van der Waals surface area contributed by atoms with Crippen molar-refractivity contribution in [2.45, 2.75) is 39.0 Å². The number of esters is 1. The Hall–Kier alpha value is -3.90. The van der Waals surface area contributed by atoms with Crippen molar-refractivity contribution in [3.63, 3.8) is 0 Å². The molecule has 1 atom stereocenters. The molecule has 9 heteroatoms. The van der Waals surface area contributed by atoms with E-state index in [1.54, 1.807) is 13.0 Å². The first-order valence-corrected chi connectivity index (χ1v) is 11.7. The van der Waals surface area contributed by atoms with E-state index in [-0.39, 0.29) is 31.0 Å². The average Bonchev–Trinajstić information content (AvgIpc) is 3.19. The summed E-state index contributed by atoms with van der Waals surface area (Å²) in [6.45, 7) is 2.92. The van der Waals surface area contributed by atoms with Crippen LogP contribution in [0.1, 0.15) is 47.7 Å². The van der Waals surface area contributed by atoms with E-state index in [9.17, 15) is 14.9 Å². The quantitative estimate of drug-likeness (QED) is 0.440. The highest BCUT2D eigenvalue weighted by atomic mass is 16.5. The zero-order chi connectivity index (χ0) is 24.9. The lowest BCUT2D eigenvalue weighted by Crippen LogP contribution is -2.31. The van der Waals surface area contributed by atoms with Crippen molar-refractivity contribution < 1.29 is 19.1 Å². The predicted octanol–water partition coefficient (Wildman–Crippen LogP) is 3.80. The number of carbonyl (C=O) groups is 2. The van der Waals surface area contributed by atoms with Crippen molar-refractivity contribution in [1.82, 2.24) is 4.90 Å². The van der Waals surface area contributed by atoms with Gasteiger partial charge in [0.2, 0.25) is 0 Å². The summed E-state index contributed by atoms with van der Waals surface area (Å²) in [5, 5.41) is 20.9. The molecule has 2 heterocycles. The fourth-order valence-electron chi connectivity index (χ4n) is 4.47. The maximum atomic E-state index is 13.2. The van der Waals surface area contributed by atoms with E-state index in [1.165, 1.54) is 4.90 Å². The maximum Gasteiger partial charge on any atom is 0.325 e. The Labute approximate surface area is 204 Å². The smallest absolute Gasteiger partial charge is 0.325 e. The molecule has 2 N–H and O–H groups in total. The molecule has 0 bridgehead atoms. The van der Waals surface area contributed by atoms with E-state index in [0.717, 1.165) is 30.5 Å². The van der Waals surface area contributed by atoms with Crippen LogP contribution in [0.25, 0.3) is 0 Å². The molecule has 0 aromatic heterocycles. The summed E-state index contributed by atoms with van der Waals surface area (Å²) >= 11 is 0. The van der Waals surface area contributed by atoms with Crippen LogP contribution in [0.15, 0.2) is 36.4 Å². The van der Waals surface area contributed by atoms with Crippen LogP contribution in [-0.4, -0.2) is 55.5 Å². The third-order valence-corrected chi connectivity index (χ3v) is 6.25. The number of nitrogens with one attached hydrogen (secondary N) is 2. The van der Waals surface area contributed by atoms with Gasteiger partial charge in [-0.2, -0.15) is 5.26 Å². The molecule has 1 amide bonds. The zero-order valence-corrected chi connectivity index (χ0v) is 20.0. The van der Waals surface area contributed by atoms with Gasteiger partial charge in [-0.05, 0) is 56.0 Å². The largest absolute Gasteiger partial charge is 0.465 e. The predicted molar refractivity (Wildman–Crippen MR) is 132 cm³/mol. The van der Waals surface area contributed by atoms with Crippen LogP contribution in [0.5, 0.6) is 0 Å². The summed E-state index contributed by atoms with van der Waals surface area (Å²) < 4.78 is 10.8. The molecule has 2 aromatic carbocycles. The number of anilines is 3. The Balaban J connectivity index is 1.62. The normalized spacial score (nSPS) is 16.9. The lowest BCUT2D eigenvalue weighted by atomic mass is 10.0. The van der Waals surface area contributed by atoms with Crippen LogP contribution in [0.4, 0.5) is 17.1 Å². The standard InChI is InChI=1S/C26H29N5O4/c1-3-34-24(32)16-31-15-17-7-6-8-22(25(17)26(31)33)30(2)18-10-11-21(19(13-18)20(28)14-27)29-23-9-4-5-12-35-23/h6-8,10-11,13,23,28-29H,3-5,9,12,15-16H2,1-2H3. The summed E-state index contributed by atoms with van der Waals surface area (Å²) in [6, 6.07) is 13.0. The molecule has 2 aromatic rings. The van der Waals surface area contributed by atoms with Crippen molar-refractivity contribution in [3.8, 4) is 6.07 Å². The first-order valence-electron chi connectivity index (χ1n) is 11.7. The van der Waals surface area contributed by atoms with Gasteiger partial charge in [0.05, 0.1) is 17.9 Å². The van der Waals surface area contributed by atoms with Gasteiger partial charge in [0, 0.05) is 37.1 Å². The molecule has 1 saturated heterocycles. The lowest BCUT2D eigenvalue weighted by molar-refractivity contribution is -0.143. The number of nitrogens with zero attached hydrogens (tertiary/aromatic N) is 3. The molecular weight excluding hydrogens is 446 g/mol. The lowest BCUT2D eigenvalue weighted by Gasteiger charge is -2.27. The molecule has 0 saturated carbocycles. The van der Waals surface area contributed by atoms with Crippen molar-refractivity contribution >= 4 is 34.7 Å². The third kappa shape index (κ3) is 5.12. The molecule has 9 nitrogen and oxygen atoms in total. The van der Waals surface area contributed by atoms with Crippen LogP contribution in [0.3, 0.4) is 0 Å². The molecular formula is C26H29N5O4. The molecule has 0 aliphatic carbocycles. The van der Waals surface area contributed by atoms with Crippen molar-refractivity contribution in [1.29, 1.82) is 10.7 Å². The summed E-state index contributed by atoms with van der Waals surface area (Å²) in [6.07, 6.45) is 2.80. The Morgan fingerprint density at radius 2 is 2.17 bits per heavy atom. The summed E-state index contributed by atoms with van der Waals surface area (Å²) in [5.41, 5.74) is 3.75. The van der Waals surface area contributed by atoms with Gasteiger partial charge in [-0.25, -0.2) is 0 Å². The first kappa shape index (κ1) is 24.2. The third-order valence-electron chi connectivity index (χ3n) is 6.25. The number of benzene rings is 2. The monoisotopic (exact) mass is 475 g/mol. The Bertz CT molecular complexity index is 1180. The molecule has 2 aliphatic heterocycles. The van der Waals surface area contributed by atoms with Crippen LogP contribution in [0, 0.1) is 16.7 Å². The highest BCUT2D eigenvalue weighted by Crippen LogP contribution is 2.36. The Morgan fingerprint density at radius 1 is 1.34 bits per heavy atom. The summed E-state index contributed by atoms with van der Waals surface area (Å²) in [7, 11) is 1.84. The topological polar surface area (TPSA) is 119 Å². The molecule has 35 heavy (non-hydrogen) atoms. The van der Waals surface area contributed by atoms with Crippen LogP contribution >= 0.6 is 0 Å². The number of rotatable bonds is 8. The van der Waals surface area contributed by atoms with Gasteiger partial charge >= 0.3 is 5.97 Å². The average molecular weight is 476 g/mol. The Morgan fingerprint density at radius 3 is 2.89 bits per heavy atom. The molecule has 2 aliphatic rings. The van der Waals surface area contributed by atoms with E-state index in [1.807, 2.05) is 48.3 Å². The fourth-order valence-corrected chi connectivity index (χ4v) is 4.47. The minimum atomic E-state index is -0.437. The van der Waals surface area contributed by atoms with Gasteiger partial charge in [-0.1, -0.05) is 12.1 Å². The number of fused-ring (bicyclic) bond motifs is 1. The van der Waals surface area contributed by atoms with Crippen LogP contribution < -0.4 is 10.2 Å². The van der Waals surface area contributed by atoms with E-state index in [0.29, 0.717) is 35.7 Å². The molecule has 182 valence electrons. The van der Waals surface area contributed by atoms with E-state index >= 15 is 0 Å². The minimum absolute atomic E-state index is 0.0996. The van der Waals surface area contributed by atoms with Crippen LogP contribution in [0.2, 0.25) is 0 Å². The summed E-state index contributed by atoms with van der Waals surface area (Å²) in [5.74, 6) is -0.665. The fraction of sp³-hybridized carbons (Fsp3) is 0.385. The molecule has 1 fully saturated rings. The Kier molecular flexibility index (Phi) is 7.32. The number of amides is 1. The van der Waals surface area contributed by atoms with Gasteiger partial charge in [-0.3, -0.25) is 15.0 Å². The minimum Gasteiger partial charge on any atom is -0.465 e. The van der Waals surface area contributed by atoms with Crippen molar-refractivity contribution in [2.24, 2.45) is 0 Å². The van der Waals surface area contributed by atoms with Gasteiger partial charge in [0.15, 0.2) is 0 Å². The van der Waals surface area contributed by atoms with Crippen molar-refractivity contribution in [2.75, 3.05) is 37.0 Å². The second kappa shape index (κ2) is 10.6. The molecule has 1 unspecified atom stereocenters. The van der Waals surface area contributed by atoms with E-state index < -0.39 is 5.97 Å². The highest BCUT2D eigenvalue weighted by molar-refractivity contribution is 6.13.